The van der Waals surface area contributed by atoms with Crippen molar-refractivity contribution in [2.75, 3.05) is 25.6 Å². The van der Waals surface area contributed by atoms with Crippen LogP contribution in [0.2, 0.25) is 0 Å². The molecular weight excluding hydrogens is 330 g/mol. The zero-order valence-electron chi connectivity index (χ0n) is 13.3. The van der Waals surface area contributed by atoms with Gasteiger partial charge in [0.05, 0.1) is 38.0 Å². The summed E-state index contributed by atoms with van der Waals surface area (Å²) in [6.45, 7) is 4.64. The first-order valence-electron chi connectivity index (χ1n) is 7.64. The number of halogens is 1. The van der Waals surface area contributed by atoms with Crippen LogP contribution in [0.25, 0.3) is 0 Å². The standard InChI is InChI=1S/C18H22ClNO2S/c1-15-17(13-19)20-8-7-18(15)23-12-11-21-9-10-22-14-16-5-3-2-4-6-16/h2-8H,9-14H2,1H3. The van der Waals surface area contributed by atoms with Crippen molar-refractivity contribution >= 4 is 23.4 Å². The second-order valence-electron chi connectivity index (χ2n) is 5.01. The topological polar surface area (TPSA) is 31.4 Å². The molecule has 23 heavy (non-hydrogen) atoms. The van der Waals surface area contributed by atoms with Crippen molar-refractivity contribution in [2.45, 2.75) is 24.3 Å². The van der Waals surface area contributed by atoms with E-state index in [1.54, 1.807) is 11.8 Å². The molecule has 0 radical (unpaired) electrons. The smallest absolute Gasteiger partial charge is 0.0718 e. The maximum absolute atomic E-state index is 5.87. The van der Waals surface area contributed by atoms with E-state index in [1.807, 2.05) is 30.5 Å². The Balaban J connectivity index is 1.54. The van der Waals surface area contributed by atoms with Crippen molar-refractivity contribution in [1.82, 2.24) is 4.98 Å². The summed E-state index contributed by atoms with van der Waals surface area (Å²) < 4.78 is 11.2. The first-order valence-corrected chi connectivity index (χ1v) is 9.16. The normalized spacial score (nSPS) is 10.9. The molecule has 0 amide bonds. The van der Waals surface area contributed by atoms with Crippen molar-refractivity contribution in [3.8, 4) is 0 Å². The number of hydrogen-bond donors (Lipinski definition) is 0. The summed E-state index contributed by atoms with van der Waals surface area (Å²) >= 11 is 7.64. The van der Waals surface area contributed by atoms with Gasteiger partial charge in [-0.05, 0) is 24.1 Å². The highest BCUT2D eigenvalue weighted by atomic mass is 35.5. The summed E-state index contributed by atoms with van der Waals surface area (Å²) in [6.07, 6.45) is 1.81. The third-order valence-electron chi connectivity index (χ3n) is 3.35. The van der Waals surface area contributed by atoms with E-state index >= 15 is 0 Å². The molecule has 0 aliphatic carbocycles. The van der Waals surface area contributed by atoms with Crippen LogP contribution in [0.15, 0.2) is 47.5 Å². The van der Waals surface area contributed by atoms with Crippen molar-refractivity contribution in [3.63, 3.8) is 0 Å². The maximum atomic E-state index is 5.87. The number of aromatic nitrogens is 1. The molecule has 1 heterocycles. The van der Waals surface area contributed by atoms with Gasteiger partial charge in [0.2, 0.25) is 0 Å². The zero-order valence-corrected chi connectivity index (χ0v) is 14.9. The minimum atomic E-state index is 0.454. The largest absolute Gasteiger partial charge is 0.378 e. The van der Waals surface area contributed by atoms with Crippen molar-refractivity contribution in [3.05, 3.63) is 59.4 Å². The van der Waals surface area contributed by atoms with Gasteiger partial charge < -0.3 is 9.47 Å². The molecule has 3 nitrogen and oxygen atoms in total. The van der Waals surface area contributed by atoms with E-state index in [1.165, 1.54) is 16.0 Å². The minimum Gasteiger partial charge on any atom is -0.378 e. The average molecular weight is 352 g/mol. The number of pyridine rings is 1. The predicted molar refractivity (Wildman–Crippen MR) is 96.2 cm³/mol. The summed E-state index contributed by atoms with van der Waals surface area (Å²) in [5, 5.41) is 0. The molecule has 0 spiro atoms. The molecule has 1 aromatic carbocycles. The van der Waals surface area contributed by atoms with Gasteiger partial charge in [-0.15, -0.1) is 23.4 Å². The molecule has 2 rings (SSSR count). The second kappa shape index (κ2) is 10.7. The summed E-state index contributed by atoms with van der Waals surface area (Å²) in [6, 6.07) is 12.2. The van der Waals surface area contributed by atoms with Crippen LogP contribution in [0.1, 0.15) is 16.8 Å². The Kier molecular flexibility index (Phi) is 8.47. The molecule has 2 aromatic rings. The molecule has 0 atom stereocenters. The van der Waals surface area contributed by atoms with Gasteiger partial charge in [-0.2, -0.15) is 0 Å². The Labute approximate surface area is 147 Å². The summed E-state index contributed by atoms with van der Waals surface area (Å²) in [4.78, 5) is 5.49. The van der Waals surface area contributed by atoms with Crippen LogP contribution in [0.3, 0.4) is 0 Å². The Morgan fingerprint density at radius 3 is 2.61 bits per heavy atom. The van der Waals surface area contributed by atoms with Gasteiger partial charge in [0, 0.05) is 16.8 Å². The molecule has 0 saturated carbocycles. The first kappa shape index (κ1) is 18.3. The first-order chi connectivity index (χ1) is 11.3. The quantitative estimate of drug-likeness (QED) is 0.359. The van der Waals surface area contributed by atoms with E-state index in [9.17, 15) is 0 Å². The Morgan fingerprint density at radius 2 is 1.83 bits per heavy atom. The summed E-state index contributed by atoms with van der Waals surface area (Å²) in [7, 11) is 0. The minimum absolute atomic E-state index is 0.454. The van der Waals surface area contributed by atoms with Crippen LogP contribution in [-0.2, 0) is 22.0 Å². The number of nitrogens with zero attached hydrogens (tertiary/aromatic N) is 1. The lowest BCUT2D eigenvalue weighted by Gasteiger charge is -2.09. The molecular formula is C18H22ClNO2S. The average Bonchev–Trinajstić information content (AvgIpc) is 2.59. The molecule has 0 fully saturated rings. The van der Waals surface area contributed by atoms with Gasteiger partial charge in [-0.3, -0.25) is 4.98 Å². The van der Waals surface area contributed by atoms with E-state index in [0.29, 0.717) is 32.3 Å². The molecule has 0 bridgehead atoms. The molecule has 0 aliphatic rings. The van der Waals surface area contributed by atoms with Gasteiger partial charge in [-0.1, -0.05) is 30.3 Å². The fourth-order valence-electron chi connectivity index (χ4n) is 2.04. The van der Waals surface area contributed by atoms with Gasteiger partial charge in [0.1, 0.15) is 0 Å². The Hall–Kier alpha value is -1.07. The highest BCUT2D eigenvalue weighted by molar-refractivity contribution is 7.99. The number of benzene rings is 1. The van der Waals surface area contributed by atoms with Crippen molar-refractivity contribution in [2.24, 2.45) is 0 Å². The SMILES string of the molecule is Cc1c(SCCOCCOCc2ccccc2)ccnc1CCl. The number of alkyl halides is 1. The van der Waals surface area contributed by atoms with Crippen LogP contribution in [0.5, 0.6) is 0 Å². The Morgan fingerprint density at radius 1 is 1.04 bits per heavy atom. The highest BCUT2D eigenvalue weighted by Gasteiger charge is 2.04. The van der Waals surface area contributed by atoms with Crippen molar-refractivity contribution < 1.29 is 9.47 Å². The molecule has 5 heteroatoms. The third kappa shape index (κ3) is 6.51. The molecule has 124 valence electrons. The summed E-state index contributed by atoms with van der Waals surface area (Å²) in [5.74, 6) is 1.36. The number of ether oxygens (including phenoxy) is 2. The van der Waals surface area contributed by atoms with Gasteiger partial charge >= 0.3 is 0 Å². The van der Waals surface area contributed by atoms with Gasteiger partial charge in [0.15, 0.2) is 0 Å². The lowest BCUT2D eigenvalue weighted by molar-refractivity contribution is 0.0462. The van der Waals surface area contributed by atoms with Crippen LogP contribution in [0, 0.1) is 6.92 Å². The van der Waals surface area contributed by atoms with E-state index < -0.39 is 0 Å². The highest BCUT2D eigenvalue weighted by Crippen LogP contribution is 2.24. The second-order valence-corrected chi connectivity index (χ2v) is 6.42. The van der Waals surface area contributed by atoms with E-state index in [0.717, 1.165) is 11.4 Å². The van der Waals surface area contributed by atoms with Gasteiger partial charge in [0.25, 0.3) is 0 Å². The lowest BCUT2D eigenvalue weighted by Crippen LogP contribution is -2.06. The lowest BCUT2D eigenvalue weighted by atomic mass is 10.2. The number of hydrogen-bond acceptors (Lipinski definition) is 4. The number of thioether (sulfide) groups is 1. The van der Waals surface area contributed by atoms with Gasteiger partial charge in [-0.25, -0.2) is 0 Å². The maximum Gasteiger partial charge on any atom is 0.0718 e. The summed E-state index contributed by atoms with van der Waals surface area (Å²) in [5.41, 5.74) is 3.30. The monoisotopic (exact) mass is 351 g/mol. The van der Waals surface area contributed by atoms with Crippen LogP contribution in [-0.4, -0.2) is 30.6 Å². The molecule has 0 aliphatic heterocycles. The predicted octanol–water partition coefficient (Wildman–Crippen LogP) is 4.45. The van der Waals surface area contributed by atoms with Crippen LogP contribution in [0.4, 0.5) is 0 Å². The third-order valence-corrected chi connectivity index (χ3v) is 4.73. The number of rotatable bonds is 10. The van der Waals surface area contributed by atoms with E-state index in [2.05, 4.69) is 24.0 Å². The molecule has 0 N–H and O–H groups in total. The van der Waals surface area contributed by atoms with E-state index in [-0.39, 0.29) is 0 Å². The molecule has 0 unspecified atom stereocenters. The van der Waals surface area contributed by atoms with Crippen molar-refractivity contribution in [1.29, 1.82) is 0 Å². The molecule has 0 saturated heterocycles. The molecule has 1 aromatic heterocycles. The zero-order chi connectivity index (χ0) is 16.3. The fourth-order valence-corrected chi connectivity index (χ4v) is 3.23. The Bertz CT molecular complexity index is 580. The fraction of sp³-hybridized carbons (Fsp3) is 0.389. The van der Waals surface area contributed by atoms with Crippen LogP contribution >= 0.6 is 23.4 Å². The van der Waals surface area contributed by atoms with Crippen LogP contribution < -0.4 is 0 Å². The van der Waals surface area contributed by atoms with E-state index in [4.69, 9.17) is 21.1 Å².